The van der Waals surface area contributed by atoms with Gasteiger partial charge in [-0.2, -0.15) is 5.10 Å². The van der Waals surface area contributed by atoms with Gasteiger partial charge in [0.05, 0.1) is 6.04 Å². The third-order valence-electron chi connectivity index (χ3n) is 4.25. The normalized spacial score (nSPS) is 16.5. The number of halogens is 2. The number of hydrogen-bond acceptors (Lipinski definition) is 2. The summed E-state index contributed by atoms with van der Waals surface area (Å²) in [7, 11) is 0. The van der Waals surface area contributed by atoms with Crippen LogP contribution in [-0.2, 0) is 0 Å². The smallest absolute Gasteiger partial charge is 0.280 e. The number of amides is 1. The van der Waals surface area contributed by atoms with E-state index in [-0.39, 0.29) is 11.7 Å². The van der Waals surface area contributed by atoms with Gasteiger partial charge < -0.3 is 0 Å². The van der Waals surface area contributed by atoms with Crippen molar-refractivity contribution in [3.05, 3.63) is 81.3 Å². The molecule has 120 valence electrons. The van der Waals surface area contributed by atoms with Crippen LogP contribution in [0.25, 0.3) is 0 Å². The van der Waals surface area contributed by atoms with E-state index in [1.165, 1.54) is 6.07 Å². The minimum atomic E-state index is -0.534. The average Bonchev–Trinajstić information content (AvgIpc) is 3.08. The van der Waals surface area contributed by atoms with Crippen molar-refractivity contribution in [2.24, 2.45) is 0 Å². The molecule has 0 saturated carbocycles. The molecule has 1 atom stereocenters. The Labute approximate surface area is 146 Å². The highest BCUT2D eigenvalue weighted by molar-refractivity contribution is 9.10. The molecule has 4 nitrogen and oxygen atoms in total. The number of rotatable bonds is 2. The maximum atomic E-state index is 14.5. The molecule has 0 saturated heterocycles. The monoisotopic (exact) mass is 385 g/mol. The molecule has 0 unspecified atom stereocenters. The Morgan fingerprint density at radius 3 is 2.58 bits per heavy atom. The second-order valence-electron chi connectivity index (χ2n) is 5.69. The van der Waals surface area contributed by atoms with Gasteiger partial charge in [-0.15, -0.1) is 0 Å². The summed E-state index contributed by atoms with van der Waals surface area (Å²) in [5.41, 5.74) is 3.01. The van der Waals surface area contributed by atoms with Crippen LogP contribution in [0.3, 0.4) is 0 Å². The quantitative estimate of drug-likeness (QED) is 0.711. The number of nitrogens with one attached hydrogen (secondary N) is 1. The van der Waals surface area contributed by atoms with E-state index in [4.69, 9.17) is 0 Å². The second kappa shape index (κ2) is 5.56. The fourth-order valence-corrected chi connectivity index (χ4v) is 3.42. The topological polar surface area (TPSA) is 49.0 Å². The van der Waals surface area contributed by atoms with E-state index in [0.717, 1.165) is 15.7 Å². The van der Waals surface area contributed by atoms with Gasteiger partial charge in [-0.25, -0.2) is 4.39 Å². The van der Waals surface area contributed by atoms with Crippen molar-refractivity contribution < 1.29 is 9.18 Å². The first-order valence-electron chi connectivity index (χ1n) is 7.46. The molecule has 0 bridgehead atoms. The fourth-order valence-electron chi connectivity index (χ4n) is 3.16. The van der Waals surface area contributed by atoms with Crippen LogP contribution in [0.4, 0.5) is 10.1 Å². The highest BCUT2D eigenvalue weighted by Crippen LogP contribution is 2.43. The molecule has 24 heavy (non-hydrogen) atoms. The lowest BCUT2D eigenvalue weighted by atomic mass is 9.98. The maximum Gasteiger partial charge on any atom is 0.280 e. The summed E-state index contributed by atoms with van der Waals surface area (Å²) in [6, 6.07) is 13.4. The number of anilines is 1. The highest BCUT2D eigenvalue weighted by atomic mass is 79.9. The molecule has 1 aromatic heterocycles. The molecule has 3 aromatic rings. The number of aryl methyl sites for hydroxylation is 1. The zero-order valence-corrected chi connectivity index (χ0v) is 14.3. The number of carbonyl (C=O) groups excluding carboxylic acids is 1. The van der Waals surface area contributed by atoms with Crippen molar-refractivity contribution in [3.8, 4) is 0 Å². The second-order valence-corrected chi connectivity index (χ2v) is 6.60. The summed E-state index contributed by atoms with van der Waals surface area (Å²) in [5.74, 6) is -0.573. The van der Waals surface area contributed by atoms with E-state index < -0.39 is 6.04 Å². The Morgan fingerprint density at radius 1 is 1.17 bits per heavy atom. The van der Waals surface area contributed by atoms with Crippen LogP contribution in [0.5, 0.6) is 0 Å². The van der Waals surface area contributed by atoms with Crippen molar-refractivity contribution in [2.75, 3.05) is 4.90 Å². The first-order chi connectivity index (χ1) is 11.6. The summed E-state index contributed by atoms with van der Waals surface area (Å²) in [4.78, 5) is 14.5. The first kappa shape index (κ1) is 15.1. The van der Waals surface area contributed by atoms with Gasteiger partial charge in [0.15, 0.2) is 5.69 Å². The average molecular weight is 386 g/mol. The minimum Gasteiger partial charge on any atom is -0.295 e. The molecule has 2 heterocycles. The lowest BCUT2D eigenvalue weighted by molar-refractivity contribution is 0.0988. The van der Waals surface area contributed by atoms with Gasteiger partial charge in [-0.05, 0) is 37.3 Å². The Morgan fingerprint density at radius 2 is 1.88 bits per heavy atom. The third-order valence-corrected chi connectivity index (χ3v) is 4.78. The predicted molar refractivity (Wildman–Crippen MR) is 92.5 cm³/mol. The first-order valence-corrected chi connectivity index (χ1v) is 8.25. The van der Waals surface area contributed by atoms with Crippen LogP contribution in [0.1, 0.15) is 33.4 Å². The van der Waals surface area contributed by atoms with Crippen LogP contribution in [0.2, 0.25) is 0 Å². The summed E-state index contributed by atoms with van der Waals surface area (Å²) >= 11 is 3.39. The van der Waals surface area contributed by atoms with Crippen LogP contribution in [0.15, 0.2) is 53.0 Å². The molecule has 0 aliphatic carbocycles. The third kappa shape index (κ3) is 2.17. The fraction of sp³-hybridized carbons (Fsp3) is 0.111. The number of nitrogens with zero attached hydrogens (tertiary/aromatic N) is 2. The van der Waals surface area contributed by atoms with Crippen LogP contribution < -0.4 is 4.90 Å². The van der Waals surface area contributed by atoms with E-state index >= 15 is 0 Å². The van der Waals surface area contributed by atoms with Gasteiger partial charge in [0.25, 0.3) is 5.91 Å². The number of carbonyl (C=O) groups is 1. The SMILES string of the molecule is Cc1[nH]nc2c1[C@H](c1ccccc1F)N(c1ccc(Br)cc1)C2=O. The van der Waals surface area contributed by atoms with E-state index in [9.17, 15) is 9.18 Å². The van der Waals surface area contributed by atoms with Gasteiger partial charge in [0.2, 0.25) is 0 Å². The number of hydrogen-bond donors (Lipinski definition) is 1. The van der Waals surface area contributed by atoms with E-state index in [0.29, 0.717) is 16.9 Å². The summed E-state index contributed by atoms with van der Waals surface area (Å²) < 4.78 is 15.4. The largest absolute Gasteiger partial charge is 0.295 e. The molecule has 0 spiro atoms. The Bertz CT molecular complexity index is 936. The number of aromatic nitrogens is 2. The van der Waals surface area contributed by atoms with Crippen LogP contribution in [0, 0.1) is 12.7 Å². The van der Waals surface area contributed by atoms with Crippen molar-refractivity contribution in [1.29, 1.82) is 0 Å². The highest BCUT2D eigenvalue weighted by Gasteiger charge is 2.43. The summed E-state index contributed by atoms with van der Waals surface area (Å²) in [5, 5.41) is 6.97. The van der Waals surface area contributed by atoms with Crippen molar-refractivity contribution in [2.45, 2.75) is 13.0 Å². The zero-order chi connectivity index (χ0) is 16.8. The van der Waals surface area contributed by atoms with Gasteiger partial charge in [-0.1, -0.05) is 34.1 Å². The summed E-state index contributed by atoms with van der Waals surface area (Å²) in [6.07, 6.45) is 0. The Hall–Kier alpha value is -2.47. The van der Waals surface area contributed by atoms with Gasteiger partial charge in [0, 0.05) is 27.0 Å². The number of aromatic amines is 1. The molecule has 1 aliphatic rings. The molecular weight excluding hydrogens is 373 g/mol. The van der Waals surface area contributed by atoms with Crippen molar-refractivity contribution >= 4 is 27.5 Å². The van der Waals surface area contributed by atoms with E-state index in [1.54, 1.807) is 23.1 Å². The van der Waals surface area contributed by atoms with E-state index in [2.05, 4.69) is 26.1 Å². The molecule has 0 radical (unpaired) electrons. The van der Waals surface area contributed by atoms with Gasteiger partial charge >= 0.3 is 0 Å². The standard InChI is InChI=1S/C18H13BrFN3O/c1-10-15-16(22-21-10)18(24)23(12-8-6-11(19)7-9-12)17(15)13-4-2-3-5-14(13)20/h2-9,17H,1H3,(H,21,22)/t17-/m0/s1. The van der Waals surface area contributed by atoms with Crippen LogP contribution in [-0.4, -0.2) is 16.1 Å². The molecule has 0 fully saturated rings. The molecule has 4 rings (SSSR count). The molecular formula is C18H13BrFN3O. The minimum absolute atomic E-state index is 0.232. The van der Waals surface area contributed by atoms with Gasteiger partial charge in [0.1, 0.15) is 5.82 Å². The molecule has 1 amide bonds. The number of benzene rings is 2. The maximum absolute atomic E-state index is 14.5. The van der Waals surface area contributed by atoms with Crippen LogP contribution >= 0.6 is 15.9 Å². The molecule has 2 aromatic carbocycles. The number of H-pyrrole nitrogens is 1. The molecule has 1 N–H and O–H groups in total. The summed E-state index contributed by atoms with van der Waals surface area (Å²) in [6.45, 7) is 1.85. The lowest BCUT2D eigenvalue weighted by Crippen LogP contribution is -2.29. The Kier molecular flexibility index (Phi) is 3.49. The molecule has 6 heteroatoms. The van der Waals surface area contributed by atoms with E-state index in [1.807, 2.05) is 31.2 Å². The van der Waals surface area contributed by atoms with Crippen molar-refractivity contribution in [1.82, 2.24) is 10.2 Å². The predicted octanol–water partition coefficient (Wildman–Crippen LogP) is 4.37. The zero-order valence-electron chi connectivity index (χ0n) is 12.8. The number of fused-ring (bicyclic) bond motifs is 1. The van der Waals surface area contributed by atoms with Gasteiger partial charge in [-0.3, -0.25) is 14.8 Å². The lowest BCUT2D eigenvalue weighted by Gasteiger charge is -2.26. The van der Waals surface area contributed by atoms with Crippen molar-refractivity contribution in [3.63, 3.8) is 0 Å². The Balaban J connectivity index is 1.94. The molecule has 1 aliphatic heterocycles.